The Labute approximate surface area is 121 Å². The molecule has 1 aromatic rings. The van der Waals surface area contributed by atoms with E-state index < -0.39 is 23.6 Å². The number of aliphatic hydroxyl groups is 1. The molecule has 0 saturated carbocycles. The first kappa shape index (κ1) is 16.7. The van der Waals surface area contributed by atoms with Gasteiger partial charge in [-0.2, -0.15) is 0 Å². The SMILES string of the molecule is CCCC(Oc1cc([N+](=O)[O-])c(CO)cc1OC)C(=O)O. The van der Waals surface area contributed by atoms with Gasteiger partial charge in [0.25, 0.3) is 5.69 Å². The lowest BCUT2D eigenvalue weighted by Crippen LogP contribution is -2.27. The van der Waals surface area contributed by atoms with Crippen LogP contribution in [0, 0.1) is 10.1 Å². The van der Waals surface area contributed by atoms with Crippen molar-refractivity contribution in [1.82, 2.24) is 0 Å². The summed E-state index contributed by atoms with van der Waals surface area (Å²) in [7, 11) is 1.32. The molecule has 1 rings (SSSR count). The Kier molecular flexibility index (Phi) is 5.92. The van der Waals surface area contributed by atoms with Gasteiger partial charge in [0.1, 0.15) is 0 Å². The van der Waals surface area contributed by atoms with Crippen molar-refractivity contribution in [3.63, 3.8) is 0 Å². The highest BCUT2D eigenvalue weighted by Gasteiger charge is 2.24. The largest absolute Gasteiger partial charge is 0.493 e. The fourth-order valence-electron chi connectivity index (χ4n) is 1.79. The van der Waals surface area contributed by atoms with Gasteiger partial charge >= 0.3 is 5.97 Å². The van der Waals surface area contributed by atoms with Gasteiger partial charge in [-0.25, -0.2) is 4.79 Å². The lowest BCUT2D eigenvalue weighted by molar-refractivity contribution is -0.386. The molecule has 0 heterocycles. The van der Waals surface area contributed by atoms with E-state index in [0.29, 0.717) is 6.42 Å². The lowest BCUT2D eigenvalue weighted by atomic mass is 10.1. The van der Waals surface area contributed by atoms with Crippen molar-refractivity contribution in [3.8, 4) is 11.5 Å². The third kappa shape index (κ3) is 4.06. The van der Waals surface area contributed by atoms with E-state index in [2.05, 4.69) is 0 Å². The second-order valence-corrected chi connectivity index (χ2v) is 4.28. The second-order valence-electron chi connectivity index (χ2n) is 4.28. The van der Waals surface area contributed by atoms with Crippen molar-refractivity contribution in [1.29, 1.82) is 0 Å². The van der Waals surface area contributed by atoms with Gasteiger partial charge in [0.05, 0.1) is 30.3 Å². The van der Waals surface area contributed by atoms with Crippen LogP contribution in [0.4, 0.5) is 5.69 Å². The Balaban J connectivity index is 3.23. The molecule has 0 aromatic heterocycles. The van der Waals surface area contributed by atoms with Crippen LogP contribution in [-0.2, 0) is 11.4 Å². The van der Waals surface area contributed by atoms with Crippen molar-refractivity contribution >= 4 is 11.7 Å². The van der Waals surface area contributed by atoms with Crippen LogP contribution >= 0.6 is 0 Å². The van der Waals surface area contributed by atoms with Crippen LogP contribution < -0.4 is 9.47 Å². The van der Waals surface area contributed by atoms with E-state index >= 15 is 0 Å². The van der Waals surface area contributed by atoms with E-state index in [4.69, 9.17) is 19.7 Å². The van der Waals surface area contributed by atoms with E-state index in [1.807, 2.05) is 0 Å². The smallest absolute Gasteiger partial charge is 0.344 e. The molecule has 0 aliphatic carbocycles. The van der Waals surface area contributed by atoms with Crippen LogP contribution in [0.25, 0.3) is 0 Å². The normalized spacial score (nSPS) is 11.8. The Morgan fingerprint density at radius 3 is 2.52 bits per heavy atom. The van der Waals surface area contributed by atoms with Crippen LogP contribution in [0.3, 0.4) is 0 Å². The van der Waals surface area contributed by atoms with Crippen molar-refractivity contribution < 1.29 is 29.4 Å². The van der Waals surface area contributed by atoms with E-state index in [0.717, 1.165) is 6.07 Å². The highest BCUT2D eigenvalue weighted by atomic mass is 16.6. The van der Waals surface area contributed by atoms with Gasteiger partial charge in [-0.3, -0.25) is 10.1 Å². The fourth-order valence-corrected chi connectivity index (χ4v) is 1.79. The Morgan fingerprint density at radius 2 is 2.10 bits per heavy atom. The number of carbonyl (C=O) groups is 1. The molecule has 1 aromatic carbocycles. The topological polar surface area (TPSA) is 119 Å². The van der Waals surface area contributed by atoms with Crippen molar-refractivity contribution in [2.75, 3.05) is 7.11 Å². The number of hydrogen-bond donors (Lipinski definition) is 2. The van der Waals surface area contributed by atoms with Crippen LogP contribution in [-0.4, -0.2) is 34.3 Å². The zero-order chi connectivity index (χ0) is 16.0. The van der Waals surface area contributed by atoms with Gasteiger partial charge in [-0.1, -0.05) is 13.3 Å². The van der Waals surface area contributed by atoms with Crippen LogP contribution in [0.1, 0.15) is 25.3 Å². The summed E-state index contributed by atoms with van der Waals surface area (Å²) in [5, 5.41) is 29.2. The monoisotopic (exact) mass is 299 g/mol. The summed E-state index contributed by atoms with van der Waals surface area (Å²) in [6, 6.07) is 2.33. The molecule has 0 aliphatic heterocycles. The minimum atomic E-state index is -1.16. The predicted molar refractivity (Wildman–Crippen MR) is 72.5 cm³/mol. The highest BCUT2D eigenvalue weighted by Crippen LogP contribution is 2.35. The molecule has 0 bridgehead atoms. The van der Waals surface area contributed by atoms with Crippen LogP contribution in [0.2, 0.25) is 0 Å². The summed E-state index contributed by atoms with van der Waals surface area (Å²) >= 11 is 0. The average Bonchev–Trinajstić information content (AvgIpc) is 2.45. The maximum Gasteiger partial charge on any atom is 0.344 e. The molecule has 1 atom stereocenters. The van der Waals surface area contributed by atoms with Gasteiger partial charge in [0.15, 0.2) is 17.6 Å². The van der Waals surface area contributed by atoms with Gasteiger partial charge in [-0.05, 0) is 12.5 Å². The minimum absolute atomic E-state index is 0.0396. The summed E-state index contributed by atoms with van der Waals surface area (Å²) in [6.45, 7) is 1.26. The Morgan fingerprint density at radius 1 is 1.43 bits per heavy atom. The number of benzene rings is 1. The molecule has 8 nitrogen and oxygen atoms in total. The molecule has 0 radical (unpaired) electrons. The van der Waals surface area contributed by atoms with E-state index in [1.165, 1.54) is 13.2 Å². The van der Waals surface area contributed by atoms with Gasteiger partial charge in [0, 0.05) is 0 Å². The third-order valence-corrected chi connectivity index (χ3v) is 2.83. The maximum atomic E-state index is 11.1. The van der Waals surface area contributed by atoms with Crippen LogP contribution in [0.15, 0.2) is 12.1 Å². The first-order valence-corrected chi connectivity index (χ1v) is 6.30. The molecule has 0 spiro atoms. The van der Waals surface area contributed by atoms with E-state index in [1.54, 1.807) is 6.92 Å². The summed E-state index contributed by atoms with van der Waals surface area (Å²) < 4.78 is 10.3. The molecule has 2 N–H and O–H groups in total. The zero-order valence-corrected chi connectivity index (χ0v) is 11.7. The van der Waals surface area contributed by atoms with Gasteiger partial charge < -0.3 is 19.7 Å². The van der Waals surface area contributed by atoms with Gasteiger partial charge in [0.2, 0.25) is 0 Å². The van der Waals surface area contributed by atoms with Crippen molar-refractivity contribution in [2.24, 2.45) is 0 Å². The van der Waals surface area contributed by atoms with Crippen molar-refractivity contribution in [2.45, 2.75) is 32.5 Å². The number of nitrogens with zero attached hydrogens (tertiary/aromatic N) is 1. The number of aliphatic hydroxyl groups excluding tert-OH is 1. The summed E-state index contributed by atoms with van der Waals surface area (Å²) in [5.74, 6) is -1.07. The molecule has 116 valence electrons. The Bertz CT molecular complexity index is 529. The highest BCUT2D eigenvalue weighted by molar-refractivity contribution is 5.73. The van der Waals surface area contributed by atoms with E-state index in [9.17, 15) is 14.9 Å². The fraction of sp³-hybridized carbons (Fsp3) is 0.462. The predicted octanol–water partition coefficient (Wildman–Crippen LogP) is 1.73. The number of carboxylic acids is 1. The van der Waals surface area contributed by atoms with E-state index in [-0.39, 0.29) is 29.2 Å². The number of carboxylic acid groups (broad SMARTS) is 1. The molecule has 1 unspecified atom stereocenters. The molecule has 0 aliphatic rings. The third-order valence-electron chi connectivity index (χ3n) is 2.83. The molecular weight excluding hydrogens is 282 g/mol. The quantitative estimate of drug-likeness (QED) is 0.554. The first-order valence-electron chi connectivity index (χ1n) is 6.30. The number of nitro benzene ring substituents is 1. The van der Waals surface area contributed by atoms with Crippen LogP contribution in [0.5, 0.6) is 11.5 Å². The lowest BCUT2D eigenvalue weighted by Gasteiger charge is -2.17. The summed E-state index contributed by atoms with van der Waals surface area (Å²) in [4.78, 5) is 21.4. The molecule has 8 heteroatoms. The molecule has 0 amide bonds. The molecule has 0 saturated heterocycles. The first-order chi connectivity index (χ1) is 9.94. The number of aliphatic carboxylic acids is 1. The number of hydrogen-bond acceptors (Lipinski definition) is 6. The van der Waals surface area contributed by atoms with Gasteiger partial charge in [-0.15, -0.1) is 0 Å². The Hall–Kier alpha value is -2.35. The molecule has 21 heavy (non-hydrogen) atoms. The molecular formula is C13H17NO7. The average molecular weight is 299 g/mol. The second kappa shape index (κ2) is 7.44. The number of ether oxygens (including phenoxy) is 2. The maximum absolute atomic E-state index is 11.1. The standard InChI is InChI=1S/C13H17NO7/c1-3-4-10(13(16)17)21-12-6-9(14(18)19)8(7-15)5-11(12)20-2/h5-6,10,15H,3-4,7H2,1-2H3,(H,16,17). The zero-order valence-electron chi connectivity index (χ0n) is 11.7. The summed E-state index contributed by atoms with van der Waals surface area (Å²) in [6.07, 6.45) is -0.284. The minimum Gasteiger partial charge on any atom is -0.493 e. The number of rotatable bonds is 8. The van der Waals surface area contributed by atoms with Crippen molar-refractivity contribution in [3.05, 3.63) is 27.8 Å². The molecule has 0 fully saturated rings. The number of methoxy groups -OCH3 is 1. The summed E-state index contributed by atoms with van der Waals surface area (Å²) in [5.41, 5.74) is -0.291. The number of nitro groups is 1.